The molecule has 128 valence electrons. The minimum atomic E-state index is -0.623. The van der Waals surface area contributed by atoms with E-state index in [0.717, 1.165) is 16.8 Å². The third-order valence-corrected chi connectivity index (χ3v) is 3.82. The molecule has 3 rings (SSSR count). The van der Waals surface area contributed by atoms with Crippen molar-refractivity contribution in [2.75, 3.05) is 5.32 Å². The van der Waals surface area contributed by atoms with E-state index in [4.69, 9.17) is 5.73 Å². The molecule has 2 aromatic carbocycles. The molecule has 1 aliphatic rings. The number of aryl methyl sites for hydroxylation is 1. The van der Waals surface area contributed by atoms with Crippen LogP contribution in [0.25, 0.3) is 0 Å². The molecule has 0 bridgehead atoms. The summed E-state index contributed by atoms with van der Waals surface area (Å²) in [5, 5.41) is 23.7. The van der Waals surface area contributed by atoms with Gasteiger partial charge < -0.3 is 21.5 Å². The van der Waals surface area contributed by atoms with Gasteiger partial charge in [-0.3, -0.25) is 4.79 Å². The van der Waals surface area contributed by atoms with Gasteiger partial charge in [0.1, 0.15) is 11.3 Å². The summed E-state index contributed by atoms with van der Waals surface area (Å²) in [6, 6.07) is 14.5. The number of nitrogens with two attached hydrogens (primary N) is 1. The zero-order chi connectivity index (χ0) is 17.8. The van der Waals surface area contributed by atoms with Crippen molar-refractivity contribution in [3.63, 3.8) is 0 Å². The molecular formula is C18H19N5O2. The van der Waals surface area contributed by atoms with E-state index in [2.05, 4.69) is 20.9 Å². The van der Waals surface area contributed by atoms with Crippen LogP contribution in [0.15, 0.2) is 70.2 Å². The monoisotopic (exact) mass is 337 g/mol. The standard InChI is InChI=1S/C18H19N5O2/c1-11-2-6-13(7-3-11)21-18-15(16(19)25)17(22-23-18)20-10-12-4-8-14(24)9-5-12/h2-9,18,20-21,24H,10H2,1H3,(H2,19,25). The number of anilines is 1. The predicted octanol–water partition coefficient (Wildman–Crippen LogP) is 2.39. The first kappa shape index (κ1) is 16.5. The van der Waals surface area contributed by atoms with Crippen molar-refractivity contribution in [1.29, 1.82) is 0 Å². The number of aromatic hydroxyl groups is 1. The Kier molecular flexibility index (Phi) is 4.65. The second-order valence-electron chi connectivity index (χ2n) is 5.77. The smallest absolute Gasteiger partial charge is 0.252 e. The summed E-state index contributed by atoms with van der Waals surface area (Å²) in [5.41, 5.74) is 8.70. The van der Waals surface area contributed by atoms with Crippen LogP contribution in [0, 0.1) is 6.92 Å². The largest absolute Gasteiger partial charge is 0.508 e. The van der Waals surface area contributed by atoms with Crippen molar-refractivity contribution in [2.45, 2.75) is 19.6 Å². The van der Waals surface area contributed by atoms with Gasteiger partial charge in [-0.2, -0.15) is 5.11 Å². The Morgan fingerprint density at radius 2 is 1.84 bits per heavy atom. The predicted molar refractivity (Wildman–Crippen MR) is 94.6 cm³/mol. The molecule has 25 heavy (non-hydrogen) atoms. The molecule has 1 atom stereocenters. The van der Waals surface area contributed by atoms with E-state index in [1.54, 1.807) is 24.3 Å². The van der Waals surface area contributed by atoms with Crippen molar-refractivity contribution in [3.8, 4) is 5.75 Å². The van der Waals surface area contributed by atoms with Crippen LogP contribution >= 0.6 is 0 Å². The fraction of sp³-hybridized carbons (Fsp3) is 0.167. The first-order chi connectivity index (χ1) is 12.0. The molecule has 0 spiro atoms. The number of azo groups is 1. The van der Waals surface area contributed by atoms with Crippen LogP contribution in [-0.2, 0) is 11.3 Å². The summed E-state index contributed by atoms with van der Waals surface area (Å²) >= 11 is 0. The number of amides is 1. The minimum Gasteiger partial charge on any atom is -0.508 e. The second-order valence-corrected chi connectivity index (χ2v) is 5.77. The number of nitrogens with one attached hydrogen (secondary N) is 2. The van der Waals surface area contributed by atoms with Crippen LogP contribution in [0.2, 0.25) is 0 Å². The van der Waals surface area contributed by atoms with Gasteiger partial charge in [-0.05, 0) is 36.8 Å². The average Bonchev–Trinajstić information content (AvgIpc) is 2.99. The Morgan fingerprint density at radius 1 is 1.16 bits per heavy atom. The summed E-state index contributed by atoms with van der Waals surface area (Å²) in [7, 11) is 0. The third kappa shape index (κ3) is 3.95. The Labute approximate surface area is 145 Å². The summed E-state index contributed by atoms with van der Waals surface area (Å²) in [6.45, 7) is 2.43. The molecule has 1 heterocycles. The lowest BCUT2D eigenvalue weighted by atomic mass is 10.1. The highest BCUT2D eigenvalue weighted by atomic mass is 16.3. The Hall–Kier alpha value is -3.35. The van der Waals surface area contributed by atoms with E-state index in [1.165, 1.54) is 0 Å². The maximum absolute atomic E-state index is 11.9. The highest BCUT2D eigenvalue weighted by Gasteiger charge is 2.28. The van der Waals surface area contributed by atoms with E-state index in [1.807, 2.05) is 31.2 Å². The van der Waals surface area contributed by atoms with Crippen LogP contribution in [0.5, 0.6) is 5.75 Å². The number of benzene rings is 2. The van der Waals surface area contributed by atoms with E-state index < -0.39 is 12.1 Å². The molecule has 0 aliphatic carbocycles. The molecule has 1 unspecified atom stereocenters. The fourth-order valence-corrected chi connectivity index (χ4v) is 2.45. The highest BCUT2D eigenvalue weighted by Crippen LogP contribution is 2.23. The topological polar surface area (TPSA) is 112 Å². The molecule has 0 radical (unpaired) electrons. The Morgan fingerprint density at radius 3 is 2.48 bits per heavy atom. The SMILES string of the molecule is Cc1ccc(NC2N=NC(NCc3ccc(O)cc3)=C2C(N)=O)cc1. The molecule has 2 aromatic rings. The minimum absolute atomic E-state index is 0.198. The highest BCUT2D eigenvalue weighted by molar-refractivity contribution is 5.94. The maximum Gasteiger partial charge on any atom is 0.252 e. The second kappa shape index (κ2) is 7.04. The average molecular weight is 337 g/mol. The van der Waals surface area contributed by atoms with Gasteiger partial charge >= 0.3 is 0 Å². The number of primary amides is 1. The lowest BCUT2D eigenvalue weighted by Gasteiger charge is -2.13. The van der Waals surface area contributed by atoms with E-state index in [0.29, 0.717) is 17.9 Å². The molecule has 0 fully saturated rings. The van der Waals surface area contributed by atoms with Crippen molar-refractivity contribution in [2.24, 2.45) is 16.0 Å². The molecule has 1 amide bonds. The van der Waals surface area contributed by atoms with Crippen LogP contribution in [0.4, 0.5) is 5.69 Å². The van der Waals surface area contributed by atoms with Crippen molar-refractivity contribution in [3.05, 3.63) is 71.1 Å². The van der Waals surface area contributed by atoms with Gasteiger partial charge in [-0.1, -0.05) is 29.8 Å². The van der Waals surface area contributed by atoms with Crippen molar-refractivity contribution < 1.29 is 9.90 Å². The van der Waals surface area contributed by atoms with Crippen LogP contribution in [0.1, 0.15) is 11.1 Å². The number of rotatable bonds is 6. The van der Waals surface area contributed by atoms with Gasteiger partial charge in [0.2, 0.25) is 0 Å². The molecule has 0 saturated heterocycles. The molecule has 1 aliphatic heterocycles. The fourth-order valence-electron chi connectivity index (χ4n) is 2.45. The quantitative estimate of drug-likeness (QED) is 0.648. The zero-order valence-electron chi connectivity index (χ0n) is 13.7. The third-order valence-electron chi connectivity index (χ3n) is 3.82. The molecule has 7 heteroatoms. The number of carbonyl (C=O) groups is 1. The maximum atomic E-state index is 11.9. The molecular weight excluding hydrogens is 318 g/mol. The van der Waals surface area contributed by atoms with Gasteiger partial charge in [0.05, 0.1) is 0 Å². The summed E-state index contributed by atoms with van der Waals surface area (Å²) in [5.74, 6) is -0.0308. The number of phenols is 1. The summed E-state index contributed by atoms with van der Waals surface area (Å²) in [6.07, 6.45) is -0.623. The van der Waals surface area contributed by atoms with Crippen molar-refractivity contribution >= 4 is 11.6 Å². The molecule has 5 N–H and O–H groups in total. The van der Waals surface area contributed by atoms with E-state index in [-0.39, 0.29) is 5.75 Å². The van der Waals surface area contributed by atoms with Gasteiger partial charge in [-0.25, -0.2) is 0 Å². The zero-order valence-corrected chi connectivity index (χ0v) is 13.7. The van der Waals surface area contributed by atoms with Crippen molar-refractivity contribution in [1.82, 2.24) is 5.32 Å². The number of nitrogens with zero attached hydrogens (tertiary/aromatic N) is 2. The van der Waals surface area contributed by atoms with Crippen LogP contribution < -0.4 is 16.4 Å². The Bertz CT molecular complexity index is 826. The summed E-state index contributed by atoms with van der Waals surface area (Å²) in [4.78, 5) is 11.9. The Balaban J connectivity index is 1.73. The number of carbonyl (C=O) groups excluding carboxylic acids is 1. The molecule has 0 aromatic heterocycles. The van der Waals surface area contributed by atoms with Gasteiger partial charge in [0.25, 0.3) is 5.91 Å². The lowest BCUT2D eigenvalue weighted by Crippen LogP contribution is -2.29. The van der Waals surface area contributed by atoms with Gasteiger partial charge in [0.15, 0.2) is 12.0 Å². The number of hydrogen-bond donors (Lipinski definition) is 4. The number of phenolic OH excluding ortho intramolecular Hbond substituents is 1. The lowest BCUT2D eigenvalue weighted by molar-refractivity contribution is -0.114. The van der Waals surface area contributed by atoms with Crippen LogP contribution in [-0.4, -0.2) is 17.2 Å². The molecule has 7 nitrogen and oxygen atoms in total. The van der Waals surface area contributed by atoms with Gasteiger partial charge in [0, 0.05) is 12.2 Å². The first-order valence-corrected chi connectivity index (χ1v) is 7.83. The first-order valence-electron chi connectivity index (χ1n) is 7.83. The van der Waals surface area contributed by atoms with E-state index >= 15 is 0 Å². The summed E-state index contributed by atoms with van der Waals surface area (Å²) < 4.78 is 0. The molecule has 0 saturated carbocycles. The van der Waals surface area contributed by atoms with E-state index in [9.17, 15) is 9.90 Å². The van der Waals surface area contributed by atoms with Crippen LogP contribution in [0.3, 0.4) is 0 Å². The van der Waals surface area contributed by atoms with Gasteiger partial charge in [-0.15, -0.1) is 5.11 Å². The normalized spacial score (nSPS) is 16.1. The number of hydrogen-bond acceptors (Lipinski definition) is 6.